The summed E-state index contributed by atoms with van der Waals surface area (Å²) in [5.74, 6) is 1.14. The van der Waals surface area contributed by atoms with E-state index < -0.39 is 0 Å². The van der Waals surface area contributed by atoms with Gasteiger partial charge in [0.25, 0.3) is 0 Å². The highest BCUT2D eigenvalue weighted by Gasteiger charge is 2.17. The summed E-state index contributed by atoms with van der Waals surface area (Å²) in [5, 5.41) is 0. The molecule has 0 bridgehead atoms. The van der Waals surface area contributed by atoms with Crippen LogP contribution in [0.4, 0.5) is 0 Å². The quantitative estimate of drug-likeness (QED) is 0.730. The smallest absolute Gasteiger partial charge is 0.122 e. The average Bonchev–Trinajstić information content (AvgIpc) is 3.22. The van der Waals surface area contributed by atoms with Crippen LogP contribution in [0.25, 0.3) is 0 Å². The minimum atomic E-state index is 0.464. The Morgan fingerprint density at radius 3 is 2.59 bits per heavy atom. The topological polar surface area (TPSA) is 12.5 Å². The van der Waals surface area contributed by atoms with Gasteiger partial charge in [-0.05, 0) is 94.6 Å². The van der Waals surface area contributed by atoms with Crippen LogP contribution in [0.15, 0.2) is 18.2 Å². The maximum absolute atomic E-state index is 6.23. The van der Waals surface area contributed by atoms with E-state index in [1.54, 1.807) is 0 Å². The van der Waals surface area contributed by atoms with Crippen LogP contribution in [-0.2, 0) is 12.8 Å². The third kappa shape index (κ3) is 4.25. The lowest BCUT2D eigenvalue weighted by atomic mass is 10.0. The van der Waals surface area contributed by atoms with Gasteiger partial charge in [0.15, 0.2) is 0 Å². The van der Waals surface area contributed by atoms with Gasteiger partial charge in [0.1, 0.15) is 5.75 Å². The fourth-order valence-electron chi connectivity index (χ4n) is 3.88. The molecule has 1 saturated heterocycles. The van der Waals surface area contributed by atoms with Gasteiger partial charge in [-0.2, -0.15) is 0 Å². The molecule has 0 N–H and O–H groups in total. The summed E-state index contributed by atoms with van der Waals surface area (Å²) in [6.45, 7) is 6.13. The van der Waals surface area contributed by atoms with Crippen LogP contribution >= 0.6 is 0 Å². The largest absolute Gasteiger partial charge is 0.490 e. The van der Waals surface area contributed by atoms with Gasteiger partial charge in [0.2, 0.25) is 0 Å². The molecule has 22 heavy (non-hydrogen) atoms. The number of hydrogen-bond acceptors (Lipinski definition) is 2. The molecular weight excluding hydrogens is 270 g/mol. The van der Waals surface area contributed by atoms with E-state index in [0.717, 1.165) is 12.2 Å². The molecule has 2 fully saturated rings. The Morgan fingerprint density at radius 1 is 1.09 bits per heavy atom. The number of aryl methyl sites for hydroxylation is 2. The van der Waals surface area contributed by atoms with Crippen LogP contribution in [0.2, 0.25) is 0 Å². The van der Waals surface area contributed by atoms with Crippen molar-refractivity contribution in [2.75, 3.05) is 19.6 Å². The van der Waals surface area contributed by atoms with Crippen LogP contribution in [0, 0.1) is 0 Å². The first kappa shape index (κ1) is 15.9. The van der Waals surface area contributed by atoms with Crippen molar-refractivity contribution < 1.29 is 4.74 Å². The van der Waals surface area contributed by atoms with E-state index in [9.17, 15) is 0 Å². The second kappa shape index (κ2) is 8.01. The summed E-state index contributed by atoms with van der Waals surface area (Å²) in [6, 6.07) is 6.89. The van der Waals surface area contributed by atoms with Gasteiger partial charge in [0.05, 0.1) is 6.10 Å². The summed E-state index contributed by atoms with van der Waals surface area (Å²) >= 11 is 0. The number of likely N-dealkylation sites (tertiary alicyclic amines) is 1. The molecule has 1 aromatic carbocycles. The molecule has 0 atom stereocenters. The zero-order chi connectivity index (χ0) is 15.2. The lowest BCUT2D eigenvalue weighted by molar-refractivity contribution is 0.208. The number of nitrogens with zero attached hydrogens (tertiary/aromatic N) is 1. The maximum atomic E-state index is 6.23. The second-order valence-corrected chi connectivity index (χ2v) is 6.97. The van der Waals surface area contributed by atoms with Gasteiger partial charge >= 0.3 is 0 Å². The summed E-state index contributed by atoms with van der Waals surface area (Å²) in [6.07, 6.45) is 12.0. The van der Waals surface area contributed by atoms with Gasteiger partial charge in [-0.15, -0.1) is 0 Å². The Hall–Kier alpha value is -1.02. The predicted molar refractivity (Wildman–Crippen MR) is 92.7 cm³/mol. The van der Waals surface area contributed by atoms with Crippen molar-refractivity contribution >= 4 is 0 Å². The van der Waals surface area contributed by atoms with Crippen molar-refractivity contribution in [2.45, 2.75) is 70.8 Å². The van der Waals surface area contributed by atoms with E-state index in [-0.39, 0.29) is 0 Å². The van der Waals surface area contributed by atoms with E-state index in [1.165, 1.54) is 82.1 Å². The molecule has 0 aromatic heterocycles. The van der Waals surface area contributed by atoms with E-state index in [0.29, 0.717) is 6.10 Å². The minimum Gasteiger partial charge on any atom is -0.490 e. The fraction of sp³-hybridized carbons (Fsp3) is 0.700. The van der Waals surface area contributed by atoms with Crippen molar-refractivity contribution in [3.8, 4) is 5.75 Å². The van der Waals surface area contributed by atoms with Crippen LogP contribution in [0.3, 0.4) is 0 Å². The van der Waals surface area contributed by atoms with E-state index in [2.05, 4.69) is 30.0 Å². The number of benzene rings is 1. The van der Waals surface area contributed by atoms with Crippen molar-refractivity contribution in [1.29, 1.82) is 0 Å². The SMILES string of the molecule is CCc1cc(CCCN2CCCC2)ccc1OC1CCCC1. The molecule has 2 heteroatoms. The molecule has 0 amide bonds. The molecule has 0 radical (unpaired) electrons. The third-order valence-electron chi connectivity index (χ3n) is 5.24. The van der Waals surface area contributed by atoms with Gasteiger partial charge in [-0.3, -0.25) is 0 Å². The Balaban J connectivity index is 1.53. The van der Waals surface area contributed by atoms with Crippen LogP contribution in [-0.4, -0.2) is 30.6 Å². The molecule has 122 valence electrons. The fourth-order valence-corrected chi connectivity index (χ4v) is 3.88. The number of rotatable bonds is 7. The molecule has 1 saturated carbocycles. The summed E-state index contributed by atoms with van der Waals surface area (Å²) in [5.41, 5.74) is 2.88. The Kier molecular flexibility index (Phi) is 5.77. The average molecular weight is 301 g/mol. The molecule has 1 heterocycles. The van der Waals surface area contributed by atoms with Crippen molar-refractivity contribution in [3.63, 3.8) is 0 Å². The first-order chi connectivity index (χ1) is 10.8. The molecule has 0 unspecified atom stereocenters. The van der Waals surface area contributed by atoms with Crippen molar-refractivity contribution in [3.05, 3.63) is 29.3 Å². The Labute approximate surface area is 135 Å². The highest BCUT2D eigenvalue weighted by atomic mass is 16.5. The maximum Gasteiger partial charge on any atom is 0.122 e. The van der Waals surface area contributed by atoms with Gasteiger partial charge in [-0.1, -0.05) is 19.1 Å². The molecule has 0 spiro atoms. The molecular formula is C20H31NO. The predicted octanol–water partition coefficient (Wildman–Crippen LogP) is 4.60. The molecule has 1 aliphatic heterocycles. The summed E-state index contributed by atoms with van der Waals surface area (Å²) in [7, 11) is 0. The summed E-state index contributed by atoms with van der Waals surface area (Å²) < 4.78 is 6.23. The highest BCUT2D eigenvalue weighted by Crippen LogP contribution is 2.28. The third-order valence-corrected chi connectivity index (χ3v) is 5.24. The molecule has 3 rings (SSSR count). The molecule has 2 nitrogen and oxygen atoms in total. The van der Waals surface area contributed by atoms with Crippen molar-refractivity contribution in [2.24, 2.45) is 0 Å². The van der Waals surface area contributed by atoms with E-state index >= 15 is 0 Å². The lowest BCUT2D eigenvalue weighted by Crippen LogP contribution is -2.20. The summed E-state index contributed by atoms with van der Waals surface area (Å²) in [4.78, 5) is 2.61. The second-order valence-electron chi connectivity index (χ2n) is 6.97. The molecule has 1 aliphatic carbocycles. The number of hydrogen-bond donors (Lipinski definition) is 0. The van der Waals surface area contributed by atoms with E-state index in [1.807, 2.05) is 0 Å². The number of ether oxygens (including phenoxy) is 1. The molecule has 1 aromatic rings. The standard InChI is InChI=1S/C20H31NO/c1-2-18-16-17(8-7-15-21-13-5-6-14-21)11-12-20(18)22-19-9-3-4-10-19/h11-12,16,19H,2-10,13-15H2,1H3. The van der Waals surface area contributed by atoms with Gasteiger partial charge in [-0.25, -0.2) is 0 Å². The van der Waals surface area contributed by atoms with Crippen molar-refractivity contribution in [1.82, 2.24) is 4.90 Å². The lowest BCUT2D eigenvalue weighted by Gasteiger charge is -2.17. The normalized spacial score (nSPS) is 19.9. The van der Waals surface area contributed by atoms with Crippen LogP contribution in [0.1, 0.15) is 63.0 Å². The Morgan fingerprint density at radius 2 is 1.86 bits per heavy atom. The molecule has 2 aliphatic rings. The Bertz CT molecular complexity index is 459. The zero-order valence-electron chi connectivity index (χ0n) is 14.2. The monoisotopic (exact) mass is 301 g/mol. The first-order valence-electron chi connectivity index (χ1n) is 9.36. The van der Waals surface area contributed by atoms with Gasteiger partial charge < -0.3 is 9.64 Å². The highest BCUT2D eigenvalue weighted by molar-refractivity contribution is 5.37. The first-order valence-corrected chi connectivity index (χ1v) is 9.36. The minimum absolute atomic E-state index is 0.464. The van der Waals surface area contributed by atoms with Crippen LogP contribution in [0.5, 0.6) is 5.75 Å². The van der Waals surface area contributed by atoms with E-state index in [4.69, 9.17) is 4.74 Å². The van der Waals surface area contributed by atoms with Crippen LogP contribution < -0.4 is 4.74 Å². The van der Waals surface area contributed by atoms with Gasteiger partial charge in [0, 0.05) is 0 Å². The zero-order valence-corrected chi connectivity index (χ0v) is 14.2.